The van der Waals surface area contributed by atoms with Crippen LogP contribution >= 0.6 is 0 Å². The van der Waals surface area contributed by atoms with Crippen molar-refractivity contribution in [3.05, 3.63) is 69.7 Å². The van der Waals surface area contributed by atoms with E-state index in [9.17, 15) is 10.1 Å². The van der Waals surface area contributed by atoms with Gasteiger partial charge in [-0.2, -0.15) is 5.26 Å². The maximum Gasteiger partial charge on any atom is 0.293 e. The highest BCUT2D eigenvalue weighted by Crippen LogP contribution is 2.25. The van der Waals surface area contributed by atoms with Gasteiger partial charge in [-0.25, -0.2) is 4.98 Å². The summed E-state index contributed by atoms with van der Waals surface area (Å²) < 4.78 is 1.92. The van der Waals surface area contributed by atoms with Gasteiger partial charge in [-0.3, -0.25) is 10.1 Å². The quantitative estimate of drug-likeness (QED) is 0.590. The minimum absolute atomic E-state index is 0.121. The number of anilines is 1. The molecule has 0 bridgehead atoms. The van der Waals surface area contributed by atoms with Crippen molar-refractivity contribution in [2.75, 3.05) is 5.32 Å². The molecule has 0 atom stereocenters. The number of rotatable bonds is 4. The highest BCUT2D eigenvalue weighted by atomic mass is 16.6. The molecule has 0 fully saturated rings. The average molecular weight is 307 g/mol. The molecule has 0 aliphatic rings. The van der Waals surface area contributed by atoms with Crippen LogP contribution in [0.25, 0.3) is 5.65 Å². The number of nitro groups is 1. The molecule has 7 nitrogen and oxygen atoms in total. The predicted molar refractivity (Wildman–Crippen MR) is 85.1 cm³/mol. The summed E-state index contributed by atoms with van der Waals surface area (Å²) in [6.07, 6.45) is 3.79. The number of hydrogen-bond donors (Lipinski definition) is 1. The van der Waals surface area contributed by atoms with Crippen LogP contribution in [0.5, 0.6) is 0 Å². The first-order valence-corrected chi connectivity index (χ1v) is 6.94. The summed E-state index contributed by atoms with van der Waals surface area (Å²) in [7, 11) is 0. The van der Waals surface area contributed by atoms with E-state index in [2.05, 4.69) is 10.3 Å². The fraction of sp³-hybridized carbons (Fsp3) is 0.125. The number of imidazole rings is 1. The number of aromatic nitrogens is 2. The summed E-state index contributed by atoms with van der Waals surface area (Å²) in [4.78, 5) is 15.1. The molecule has 0 aliphatic heterocycles. The first kappa shape index (κ1) is 14.5. The Balaban J connectivity index is 1.86. The lowest BCUT2D eigenvalue weighted by Gasteiger charge is -2.05. The van der Waals surface area contributed by atoms with Gasteiger partial charge < -0.3 is 9.72 Å². The summed E-state index contributed by atoms with van der Waals surface area (Å²) in [5.74, 6) is 0. The van der Waals surface area contributed by atoms with E-state index in [-0.39, 0.29) is 11.3 Å². The number of fused-ring (bicyclic) bond motifs is 1. The minimum Gasteiger partial charge on any atom is -0.374 e. The Morgan fingerprint density at radius 3 is 2.96 bits per heavy atom. The number of nitrogens with zero attached hydrogens (tertiary/aromatic N) is 4. The molecule has 114 valence electrons. The van der Waals surface area contributed by atoms with Gasteiger partial charge in [-0.15, -0.1) is 0 Å². The monoisotopic (exact) mass is 307 g/mol. The highest BCUT2D eigenvalue weighted by molar-refractivity contribution is 5.64. The van der Waals surface area contributed by atoms with Crippen LogP contribution in [0.15, 0.2) is 42.7 Å². The van der Waals surface area contributed by atoms with Crippen molar-refractivity contribution in [3.8, 4) is 6.07 Å². The largest absolute Gasteiger partial charge is 0.374 e. The van der Waals surface area contributed by atoms with E-state index in [4.69, 9.17) is 5.26 Å². The molecular weight excluding hydrogens is 294 g/mol. The number of nitrogens with one attached hydrogen (secondary N) is 1. The van der Waals surface area contributed by atoms with Gasteiger partial charge in [0.1, 0.15) is 11.3 Å². The number of nitriles is 1. The summed E-state index contributed by atoms with van der Waals surface area (Å²) in [5, 5.41) is 23.0. The van der Waals surface area contributed by atoms with Crippen LogP contribution in [-0.4, -0.2) is 14.3 Å². The maximum atomic E-state index is 11.1. The molecule has 0 saturated carbocycles. The highest BCUT2D eigenvalue weighted by Gasteiger charge is 2.15. The number of hydrogen-bond acceptors (Lipinski definition) is 5. The van der Waals surface area contributed by atoms with Crippen LogP contribution in [0.3, 0.4) is 0 Å². The van der Waals surface area contributed by atoms with Gasteiger partial charge in [0.15, 0.2) is 0 Å². The van der Waals surface area contributed by atoms with Crippen LogP contribution in [-0.2, 0) is 6.54 Å². The van der Waals surface area contributed by atoms with Gasteiger partial charge >= 0.3 is 0 Å². The van der Waals surface area contributed by atoms with E-state index in [1.807, 2.05) is 41.9 Å². The van der Waals surface area contributed by atoms with Crippen molar-refractivity contribution in [2.24, 2.45) is 0 Å². The van der Waals surface area contributed by atoms with Crippen molar-refractivity contribution < 1.29 is 4.92 Å². The molecule has 1 N–H and O–H groups in total. The van der Waals surface area contributed by atoms with Gasteiger partial charge in [-0.05, 0) is 30.7 Å². The Kier molecular flexibility index (Phi) is 3.65. The first-order valence-electron chi connectivity index (χ1n) is 6.94. The zero-order valence-electron chi connectivity index (χ0n) is 12.4. The summed E-state index contributed by atoms with van der Waals surface area (Å²) in [5.41, 5.74) is 3.19. The predicted octanol–water partition coefficient (Wildman–Crippen LogP) is 3.03. The second-order valence-electron chi connectivity index (χ2n) is 5.11. The molecule has 2 aromatic heterocycles. The minimum atomic E-state index is -0.503. The number of pyridine rings is 1. The molecule has 0 amide bonds. The van der Waals surface area contributed by atoms with Crippen molar-refractivity contribution in [3.63, 3.8) is 0 Å². The molecule has 23 heavy (non-hydrogen) atoms. The number of nitro benzene ring substituents is 1. The molecule has 0 aliphatic carbocycles. The van der Waals surface area contributed by atoms with E-state index in [0.717, 1.165) is 16.9 Å². The first-order chi connectivity index (χ1) is 11.1. The second-order valence-corrected chi connectivity index (χ2v) is 5.11. The van der Waals surface area contributed by atoms with Crippen LogP contribution in [0.4, 0.5) is 11.4 Å². The van der Waals surface area contributed by atoms with Crippen LogP contribution in [0.2, 0.25) is 0 Å². The van der Waals surface area contributed by atoms with Crippen molar-refractivity contribution in [2.45, 2.75) is 13.5 Å². The number of benzene rings is 1. The Hall–Kier alpha value is -3.40. The summed E-state index contributed by atoms with van der Waals surface area (Å²) in [6.45, 7) is 2.33. The Labute approximate surface area is 132 Å². The smallest absolute Gasteiger partial charge is 0.293 e. The lowest BCUT2D eigenvalue weighted by molar-refractivity contribution is -0.384. The van der Waals surface area contributed by atoms with Crippen molar-refractivity contribution in [1.29, 1.82) is 5.26 Å². The van der Waals surface area contributed by atoms with Gasteiger partial charge in [0.05, 0.1) is 28.8 Å². The lowest BCUT2D eigenvalue weighted by atomic mass is 10.2. The SMILES string of the molecule is Cc1cccn2cc(CNc3ccc(C#N)cc3[N+](=O)[O-])nc12. The van der Waals surface area contributed by atoms with Crippen LogP contribution < -0.4 is 5.32 Å². The Bertz CT molecular complexity index is 939. The Morgan fingerprint density at radius 2 is 2.26 bits per heavy atom. The van der Waals surface area contributed by atoms with E-state index < -0.39 is 4.92 Å². The molecule has 0 radical (unpaired) electrons. The Morgan fingerprint density at radius 1 is 1.43 bits per heavy atom. The molecule has 0 saturated heterocycles. The van der Waals surface area contributed by atoms with Gasteiger partial charge in [-0.1, -0.05) is 6.07 Å². The third kappa shape index (κ3) is 2.82. The second kappa shape index (κ2) is 5.77. The average Bonchev–Trinajstić information content (AvgIpc) is 2.97. The van der Waals surface area contributed by atoms with Gasteiger partial charge in [0, 0.05) is 18.5 Å². The summed E-state index contributed by atoms with van der Waals surface area (Å²) in [6, 6.07) is 10.2. The van der Waals surface area contributed by atoms with E-state index in [1.165, 1.54) is 12.1 Å². The summed E-state index contributed by atoms with van der Waals surface area (Å²) >= 11 is 0. The normalized spacial score (nSPS) is 10.4. The zero-order valence-corrected chi connectivity index (χ0v) is 12.4. The third-order valence-corrected chi connectivity index (χ3v) is 3.51. The van der Waals surface area contributed by atoms with Gasteiger partial charge in [0.2, 0.25) is 0 Å². The van der Waals surface area contributed by atoms with Crippen LogP contribution in [0.1, 0.15) is 16.8 Å². The standard InChI is InChI=1S/C16H13N5O2/c1-11-3-2-6-20-10-13(19-16(11)20)9-18-14-5-4-12(8-17)7-15(14)21(22)23/h2-7,10,18H,9H2,1H3. The lowest BCUT2D eigenvalue weighted by Crippen LogP contribution is -2.03. The van der Waals surface area contributed by atoms with E-state index in [1.54, 1.807) is 6.07 Å². The zero-order chi connectivity index (χ0) is 16.4. The van der Waals surface area contributed by atoms with Crippen molar-refractivity contribution >= 4 is 17.0 Å². The van der Waals surface area contributed by atoms with E-state index >= 15 is 0 Å². The molecule has 0 spiro atoms. The molecule has 1 aromatic carbocycles. The number of aryl methyl sites for hydroxylation is 1. The molecule has 3 rings (SSSR count). The van der Waals surface area contributed by atoms with Crippen molar-refractivity contribution in [1.82, 2.24) is 9.38 Å². The molecule has 2 heterocycles. The molecule has 0 unspecified atom stereocenters. The topological polar surface area (TPSA) is 96.3 Å². The van der Waals surface area contributed by atoms with E-state index in [0.29, 0.717) is 12.2 Å². The molecule has 7 heteroatoms. The molecule has 3 aromatic rings. The fourth-order valence-electron chi connectivity index (χ4n) is 2.38. The fourth-order valence-corrected chi connectivity index (χ4v) is 2.38. The van der Waals surface area contributed by atoms with Gasteiger partial charge in [0.25, 0.3) is 5.69 Å². The maximum absolute atomic E-state index is 11.1. The molecular formula is C16H13N5O2. The van der Waals surface area contributed by atoms with Crippen LogP contribution in [0, 0.1) is 28.4 Å². The third-order valence-electron chi connectivity index (χ3n) is 3.51.